The summed E-state index contributed by atoms with van der Waals surface area (Å²) in [6.45, 7) is 8.74. The fraction of sp³-hybridized carbons (Fsp3) is 0.786. The molecule has 2 N–H and O–H groups in total. The van der Waals surface area contributed by atoms with E-state index < -0.39 is 0 Å². The van der Waals surface area contributed by atoms with E-state index in [4.69, 9.17) is 10.5 Å². The lowest BCUT2D eigenvalue weighted by molar-refractivity contribution is -0.0703. The van der Waals surface area contributed by atoms with Crippen molar-refractivity contribution in [1.82, 2.24) is 14.7 Å². The smallest absolute Gasteiger partial charge is 0.0909 e. The van der Waals surface area contributed by atoms with Crippen molar-refractivity contribution in [2.75, 3.05) is 26.2 Å². The zero-order valence-electron chi connectivity index (χ0n) is 12.1. The first kappa shape index (κ1) is 14.5. The average Bonchev–Trinajstić information content (AvgIpc) is 2.87. The molecule has 1 aromatic rings. The largest absolute Gasteiger partial charge is 0.374 e. The molecule has 1 aromatic heterocycles. The van der Waals surface area contributed by atoms with Gasteiger partial charge in [0.05, 0.1) is 24.4 Å². The maximum Gasteiger partial charge on any atom is 0.0909 e. The molecule has 0 saturated carbocycles. The summed E-state index contributed by atoms with van der Waals surface area (Å²) < 4.78 is 7.97. The quantitative estimate of drug-likeness (QED) is 0.845. The molecule has 0 spiro atoms. The fourth-order valence-electron chi connectivity index (χ4n) is 2.89. The van der Waals surface area contributed by atoms with Crippen molar-refractivity contribution in [2.45, 2.75) is 45.4 Å². The first-order valence-corrected chi connectivity index (χ1v) is 7.39. The topological polar surface area (TPSA) is 56.3 Å². The van der Waals surface area contributed by atoms with Gasteiger partial charge in [-0.05, 0) is 25.5 Å². The third-order valence-corrected chi connectivity index (χ3v) is 3.69. The first-order valence-electron chi connectivity index (χ1n) is 7.39. The molecule has 5 heteroatoms. The third kappa shape index (κ3) is 3.16. The molecule has 5 nitrogen and oxygen atoms in total. The number of aryl methyl sites for hydroxylation is 1. The van der Waals surface area contributed by atoms with Gasteiger partial charge in [0, 0.05) is 25.8 Å². The molecule has 1 aliphatic rings. The summed E-state index contributed by atoms with van der Waals surface area (Å²) in [7, 11) is 0. The fourth-order valence-corrected chi connectivity index (χ4v) is 2.89. The van der Waals surface area contributed by atoms with Crippen molar-refractivity contribution in [1.29, 1.82) is 0 Å². The van der Waals surface area contributed by atoms with E-state index in [2.05, 4.69) is 34.6 Å². The maximum absolute atomic E-state index is 5.90. The van der Waals surface area contributed by atoms with E-state index in [0.717, 1.165) is 39.1 Å². The second-order valence-corrected chi connectivity index (χ2v) is 5.10. The number of hydrogen-bond donors (Lipinski definition) is 1. The molecule has 1 aliphatic heterocycles. The van der Waals surface area contributed by atoms with Gasteiger partial charge in [-0.1, -0.05) is 13.8 Å². The van der Waals surface area contributed by atoms with Gasteiger partial charge in [-0.25, -0.2) is 0 Å². The number of hydrogen-bond acceptors (Lipinski definition) is 4. The minimum atomic E-state index is 0.0765. The van der Waals surface area contributed by atoms with Crippen molar-refractivity contribution in [3.05, 3.63) is 18.0 Å². The van der Waals surface area contributed by atoms with E-state index in [0.29, 0.717) is 6.54 Å². The Morgan fingerprint density at radius 2 is 2.16 bits per heavy atom. The van der Waals surface area contributed by atoms with Gasteiger partial charge < -0.3 is 10.5 Å². The van der Waals surface area contributed by atoms with Crippen molar-refractivity contribution in [3.63, 3.8) is 0 Å². The molecule has 1 fully saturated rings. The predicted molar refractivity (Wildman–Crippen MR) is 75.9 cm³/mol. The summed E-state index contributed by atoms with van der Waals surface area (Å²) >= 11 is 0. The van der Waals surface area contributed by atoms with Gasteiger partial charge in [-0.3, -0.25) is 9.58 Å². The van der Waals surface area contributed by atoms with E-state index >= 15 is 0 Å². The van der Waals surface area contributed by atoms with Crippen LogP contribution in [-0.4, -0.2) is 47.0 Å². The molecule has 0 radical (unpaired) electrons. The second-order valence-electron chi connectivity index (χ2n) is 5.10. The number of nitrogens with two attached hydrogens (primary N) is 1. The van der Waals surface area contributed by atoms with Gasteiger partial charge in [0.15, 0.2) is 0 Å². The number of ether oxygens (including phenoxy) is 1. The van der Waals surface area contributed by atoms with Gasteiger partial charge >= 0.3 is 0 Å². The normalized spacial score (nSPS) is 24.8. The van der Waals surface area contributed by atoms with Gasteiger partial charge in [0.1, 0.15) is 0 Å². The summed E-state index contributed by atoms with van der Waals surface area (Å²) in [5.41, 5.74) is 7.14. The second kappa shape index (κ2) is 7.03. The van der Waals surface area contributed by atoms with Gasteiger partial charge in [0.2, 0.25) is 0 Å². The Kier molecular flexibility index (Phi) is 5.36. The molecule has 0 bridgehead atoms. The van der Waals surface area contributed by atoms with Gasteiger partial charge in [0.25, 0.3) is 0 Å². The van der Waals surface area contributed by atoms with E-state index in [9.17, 15) is 0 Å². The molecule has 2 atom stereocenters. The van der Waals surface area contributed by atoms with Crippen LogP contribution in [0.2, 0.25) is 0 Å². The van der Waals surface area contributed by atoms with Crippen LogP contribution in [0.4, 0.5) is 0 Å². The van der Waals surface area contributed by atoms with Crippen molar-refractivity contribution in [2.24, 2.45) is 5.73 Å². The van der Waals surface area contributed by atoms with Crippen LogP contribution in [0.5, 0.6) is 0 Å². The number of rotatable bonds is 6. The Hall–Kier alpha value is -0.910. The number of aromatic nitrogens is 2. The van der Waals surface area contributed by atoms with E-state index in [1.807, 2.05) is 6.20 Å². The highest BCUT2D eigenvalue weighted by molar-refractivity contribution is 5.11. The number of nitrogens with zero attached hydrogens (tertiary/aromatic N) is 3. The molecule has 0 amide bonds. The highest BCUT2D eigenvalue weighted by Crippen LogP contribution is 2.29. The molecule has 2 rings (SSSR count). The zero-order valence-corrected chi connectivity index (χ0v) is 12.1. The van der Waals surface area contributed by atoms with Crippen molar-refractivity contribution < 1.29 is 4.74 Å². The molecular weight excluding hydrogens is 240 g/mol. The summed E-state index contributed by atoms with van der Waals surface area (Å²) in [5, 5.41) is 4.44. The molecule has 1 saturated heterocycles. The Bertz CT molecular complexity index is 377. The van der Waals surface area contributed by atoms with Crippen LogP contribution in [0, 0.1) is 0 Å². The minimum absolute atomic E-state index is 0.0765. The average molecular weight is 266 g/mol. The highest BCUT2D eigenvalue weighted by Gasteiger charge is 2.34. The maximum atomic E-state index is 5.90. The molecule has 0 aliphatic carbocycles. The van der Waals surface area contributed by atoms with Gasteiger partial charge in [-0.2, -0.15) is 5.10 Å². The van der Waals surface area contributed by atoms with Crippen LogP contribution >= 0.6 is 0 Å². The Balaban J connectivity index is 2.25. The Labute approximate surface area is 115 Å². The molecule has 19 heavy (non-hydrogen) atoms. The van der Waals surface area contributed by atoms with Crippen LogP contribution < -0.4 is 5.73 Å². The standard InChI is InChI=1S/C14H26N4O/c1-3-7-17-9-10-19-13(11-15)14(17)12-5-6-16-18(12)8-4-2/h5-6,13-14H,3-4,7-11,15H2,1-2H3. The van der Waals surface area contributed by atoms with E-state index in [-0.39, 0.29) is 12.1 Å². The lowest BCUT2D eigenvalue weighted by atomic mass is 10.0. The third-order valence-electron chi connectivity index (χ3n) is 3.69. The van der Waals surface area contributed by atoms with Crippen LogP contribution in [0.3, 0.4) is 0 Å². The Morgan fingerprint density at radius 3 is 2.84 bits per heavy atom. The van der Waals surface area contributed by atoms with Crippen LogP contribution in [0.1, 0.15) is 38.4 Å². The van der Waals surface area contributed by atoms with Crippen LogP contribution in [0.25, 0.3) is 0 Å². The van der Waals surface area contributed by atoms with Crippen LogP contribution in [0.15, 0.2) is 12.3 Å². The summed E-state index contributed by atoms with van der Waals surface area (Å²) in [6.07, 6.45) is 4.20. The van der Waals surface area contributed by atoms with Gasteiger partial charge in [-0.15, -0.1) is 0 Å². The molecule has 2 unspecified atom stereocenters. The van der Waals surface area contributed by atoms with Crippen molar-refractivity contribution >= 4 is 0 Å². The summed E-state index contributed by atoms with van der Waals surface area (Å²) in [6, 6.07) is 2.35. The molecular formula is C14H26N4O. The van der Waals surface area contributed by atoms with Crippen molar-refractivity contribution in [3.8, 4) is 0 Å². The summed E-state index contributed by atoms with van der Waals surface area (Å²) in [4.78, 5) is 2.49. The summed E-state index contributed by atoms with van der Waals surface area (Å²) in [5.74, 6) is 0. The van der Waals surface area contributed by atoms with E-state index in [1.165, 1.54) is 5.69 Å². The molecule has 0 aromatic carbocycles. The monoisotopic (exact) mass is 266 g/mol. The Morgan fingerprint density at radius 1 is 1.37 bits per heavy atom. The predicted octanol–water partition coefficient (Wildman–Crippen LogP) is 1.40. The first-order chi connectivity index (χ1) is 9.31. The minimum Gasteiger partial charge on any atom is -0.374 e. The molecule has 2 heterocycles. The number of morpholine rings is 1. The SMILES string of the molecule is CCCN1CCOC(CN)C1c1ccnn1CCC. The zero-order chi connectivity index (χ0) is 13.7. The van der Waals surface area contributed by atoms with Crippen LogP contribution in [-0.2, 0) is 11.3 Å². The van der Waals surface area contributed by atoms with E-state index in [1.54, 1.807) is 0 Å². The lowest BCUT2D eigenvalue weighted by Gasteiger charge is -2.41. The lowest BCUT2D eigenvalue weighted by Crippen LogP contribution is -2.49. The molecule has 108 valence electrons. The highest BCUT2D eigenvalue weighted by atomic mass is 16.5.